The van der Waals surface area contributed by atoms with E-state index in [1.165, 1.54) is 29.2 Å². The molecule has 0 saturated carbocycles. The lowest BCUT2D eigenvalue weighted by molar-refractivity contribution is -0.132. The Bertz CT molecular complexity index is 517. The Hall–Kier alpha value is -1.79. The van der Waals surface area contributed by atoms with Crippen molar-refractivity contribution in [3.05, 3.63) is 35.6 Å². The molecule has 6 heteroatoms. The fraction of sp³-hybridized carbons (Fsp3) is 0.467. The van der Waals surface area contributed by atoms with Crippen LogP contribution in [0.2, 0.25) is 0 Å². The van der Waals surface area contributed by atoms with Crippen molar-refractivity contribution < 1.29 is 24.2 Å². The minimum Gasteiger partial charge on any atom is -0.394 e. The van der Waals surface area contributed by atoms with Crippen LogP contribution in [0.25, 0.3) is 0 Å². The summed E-state index contributed by atoms with van der Waals surface area (Å²) in [4.78, 5) is 25.4. The van der Waals surface area contributed by atoms with E-state index in [0.717, 1.165) is 0 Å². The molecule has 0 aliphatic carbocycles. The van der Waals surface area contributed by atoms with Gasteiger partial charge < -0.3 is 15.1 Å². The molecule has 2 atom stereocenters. The maximum atomic E-state index is 12.8. The number of aliphatic hydroxyl groups excluding tert-OH is 2. The Morgan fingerprint density at radius 1 is 1.24 bits per heavy atom. The summed E-state index contributed by atoms with van der Waals surface area (Å²) in [5.41, 5.74) is 0.365. The lowest BCUT2D eigenvalue weighted by Crippen LogP contribution is -2.38. The van der Waals surface area contributed by atoms with Crippen LogP contribution in [0.15, 0.2) is 24.3 Å². The van der Waals surface area contributed by atoms with Crippen LogP contribution < -0.4 is 0 Å². The molecule has 2 unspecified atom stereocenters. The fourth-order valence-corrected chi connectivity index (χ4v) is 2.51. The van der Waals surface area contributed by atoms with Gasteiger partial charge in [0.15, 0.2) is 5.78 Å². The quantitative estimate of drug-likeness (QED) is 0.786. The highest BCUT2D eigenvalue weighted by Crippen LogP contribution is 2.19. The number of Topliss-reactive ketones (excluding diaryl/α,β-unsaturated/α-hetero) is 1. The van der Waals surface area contributed by atoms with Crippen LogP contribution in [0.5, 0.6) is 0 Å². The van der Waals surface area contributed by atoms with Gasteiger partial charge in [0.2, 0.25) is 5.91 Å². The van der Waals surface area contributed by atoms with E-state index in [0.29, 0.717) is 12.0 Å². The largest absolute Gasteiger partial charge is 0.394 e. The highest BCUT2D eigenvalue weighted by molar-refractivity contribution is 5.97. The number of ketones is 1. The van der Waals surface area contributed by atoms with Gasteiger partial charge in [-0.2, -0.15) is 0 Å². The van der Waals surface area contributed by atoms with Crippen LogP contribution in [0.4, 0.5) is 4.39 Å². The van der Waals surface area contributed by atoms with Crippen molar-refractivity contribution in [2.24, 2.45) is 0 Å². The van der Waals surface area contributed by atoms with Gasteiger partial charge in [-0.25, -0.2) is 4.39 Å². The van der Waals surface area contributed by atoms with Gasteiger partial charge in [0, 0.05) is 24.9 Å². The van der Waals surface area contributed by atoms with Crippen LogP contribution in [0.3, 0.4) is 0 Å². The summed E-state index contributed by atoms with van der Waals surface area (Å²) in [6, 6.07) is 4.80. The molecule has 1 fully saturated rings. The van der Waals surface area contributed by atoms with Gasteiger partial charge in [0.25, 0.3) is 0 Å². The van der Waals surface area contributed by atoms with E-state index < -0.39 is 11.9 Å². The SMILES string of the molecule is O=C(CCC(=O)N1CC(O)CC1CO)c1ccc(F)cc1. The van der Waals surface area contributed by atoms with Crippen molar-refractivity contribution in [3.8, 4) is 0 Å². The average molecular weight is 295 g/mol. The highest BCUT2D eigenvalue weighted by Gasteiger charge is 2.33. The Kier molecular flexibility index (Phi) is 5.03. The first kappa shape index (κ1) is 15.6. The summed E-state index contributed by atoms with van der Waals surface area (Å²) in [6.07, 6.45) is -0.234. The second kappa shape index (κ2) is 6.78. The molecular weight excluding hydrogens is 277 g/mol. The molecule has 2 N–H and O–H groups in total. The average Bonchev–Trinajstić information content (AvgIpc) is 2.86. The van der Waals surface area contributed by atoms with Crippen LogP contribution in [0, 0.1) is 5.82 Å². The van der Waals surface area contributed by atoms with Crippen molar-refractivity contribution in [2.45, 2.75) is 31.4 Å². The molecule has 0 aromatic heterocycles. The van der Waals surface area contributed by atoms with Crippen LogP contribution in [-0.2, 0) is 4.79 Å². The summed E-state index contributed by atoms with van der Waals surface area (Å²) in [5.74, 6) is -0.913. The number of β-amino-alcohol motifs (C(OH)–C–C–N with tert-alkyl or cyclic N) is 1. The van der Waals surface area contributed by atoms with E-state index in [9.17, 15) is 24.2 Å². The number of carbonyl (C=O) groups is 2. The number of hydrogen-bond acceptors (Lipinski definition) is 4. The van der Waals surface area contributed by atoms with Crippen molar-refractivity contribution in [2.75, 3.05) is 13.2 Å². The molecule has 5 nitrogen and oxygen atoms in total. The molecule has 1 aromatic rings. The molecule has 1 heterocycles. The summed E-state index contributed by atoms with van der Waals surface area (Å²) in [5, 5.41) is 18.7. The molecule has 0 radical (unpaired) electrons. The summed E-state index contributed by atoms with van der Waals surface area (Å²) >= 11 is 0. The Morgan fingerprint density at radius 3 is 2.52 bits per heavy atom. The third kappa shape index (κ3) is 3.86. The van der Waals surface area contributed by atoms with E-state index in [1.54, 1.807) is 0 Å². The van der Waals surface area contributed by atoms with Gasteiger partial charge >= 0.3 is 0 Å². The number of benzene rings is 1. The third-order valence-electron chi connectivity index (χ3n) is 3.66. The third-order valence-corrected chi connectivity index (χ3v) is 3.66. The van der Waals surface area contributed by atoms with Crippen LogP contribution in [0.1, 0.15) is 29.6 Å². The lowest BCUT2D eigenvalue weighted by atomic mass is 10.1. The molecule has 1 aromatic carbocycles. The summed E-state index contributed by atoms with van der Waals surface area (Å²) in [7, 11) is 0. The second-order valence-electron chi connectivity index (χ2n) is 5.20. The maximum absolute atomic E-state index is 12.8. The fourth-order valence-electron chi connectivity index (χ4n) is 2.51. The minimum atomic E-state index is -0.626. The first-order chi connectivity index (χ1) is 10.0. The first-order valence-electron chi connectivity index (χ1n) is 6.88. The maximum Gasteiger partial charge on any atom is 0.223 e. The van der Waals surface area contributed by atoms with Gasteiger partial charge in [0.05, 0.1) is 18.8 Å². The standard InChI is InChI=1S/C15H18FNO4/c16-11-3-1-10(2-4-11)14(20)5-6-15(21)17-8-13(19)7-12(17)9-18/h1-4,12-13,18-19H,5-9H2. The molecule has 21 heavy (non-hydrogen) atoms. The molecule has 1 saturated heterocycles. The van der Waals surface area contributed by atoms with E-state index in [2.05, 4.69) is 0 Å². The Labute approximate surface area is 122 Å². The second-order valence-corrected chi connectivity index (χ2v) is 5.20. The number of aliphatic hydroxyl groups is 2. The number of amides is 1. The predicted molar refractivity (Wildman–Crippen MR) is 73.2 cm³/mol. The topological polar surface area (TPSA) is 77.8 Å². The van der Waals surface area contributed by atoms with Crippen molar-refractivity contribution >= 4 is 11.7 Å². The molecular formula is C15H18FNO4. The number of rotatable bonds is 5. The highest BCUT2D eigenvalue weighted by atomic mass is 19.1. The van der Waals surface area contributed by atoms with E-state index in [-0.39, 0.29) is 43.7 Å². The van der Waals surface area contributed by atoms with E-state index >= 15 is 0 Å². The predicted octanol–water partition coefficient (Wildman–Crippen LogP) is 0.743. The lowest BCUT2D eigenvalue weighted by Gasteiger charge is -2.22. The number of halogens is 1. The van der Waals surface area contributed by atoms with E-state index in [1.807, 2.05) is 0 Å². The molecule has 2 rings (SSSR count). The minimum absolute atomic E-state index is 0.0133. The van der Waals surface area contributed by atoms with Crippen molar-refractivity contribution in [1.82, 2.24) is 4.90 Å². The molecule has 1 aliphatic rings. The van der Waals surface area contributed by atoms with Crippen LogP contribution >= 0.6 is 0 Å². The number of carbonyl (C=O) groups excluding carboxylic acids is 2. The molecule has 1 aliphatic heterocycles. The normalized spacial score (nSPS) is 21.6. The Morgan fingerprint density at radius 2 is 1.90 bits per heavy atom. The summed E-state index contributed by atoms with van der Waals surface area (Å²) in [6.45, 7) is -0.0104. The van der Waals surface area contributed by atoms with Crippen LogP contribution in [-0.4, -0.2) is 52.1 Å². The monoisotopic (exact) mass is 295 g/mol. The van der Waals surface area contributed by atoms with Gasteiger partial charge in [-0.05, 0) is 30.7 Å². The molecule has 1 amide bonds. The zero-order valence-corrected chi connectivity index (χ0v) is 11.5. The first-order valence-corrected chi connectivity index (χ1v) is 6.88. The smallest absolute Gasteiger partial charge is 0.223 e. The van der Waals surface area contributed by atoms with Crippen molar-refractivity contribution in [3.63, 3.8) is 0 Å². The zero-order valence-electron chi connectivity index (χ0n) is 11.5. The number of hydrogen-bond donors (Lipinski definition) is 2. The van der Waals surface area contributed by atoms with Gasteiger partial charge in [-0.15, -0.1) is 0 Å². The molecule has 0 bridgehead atoms. The molecule has 0 spiro atoms. The van der Waals surface area contributed by atoms with E-state index in [4.69, 9.17) is 0 Å². The summed E-state index contributed by atoms with van der Waals surface area (Å²) < 4.78 is 12.8. The Balaban J connectivity index is 1.89. The van der Waals surface area contributed by atoms with Gasteiger partial charge in [-0.3, -0.25) is 9.59 Å². The zero-order chi connectivity index (χ0) is 15.4. The van der Waals surface area contributed by atoms with Crippen molar-refractivity contribution in [1.29, 1.82) is 0 Å². The van der Waals surface area contributed by atoms with Gasteiger partial charge in [0.1, 0.15) is 5.82 Å². The van der Waals surface area contributed by atoms with Gasteiger partial charge in [-0.1, -0.05) is 0 Å². The molecule has 114 valence electrons. The number of likely N-dealkylation sites (tertiary alicyclic amines) is 1. The number of nitrogens with zero attached hydrogens (tertiary/aromatic N) is 1.